The summed E-state index contributed by atoms with van der Waals surface area (Å²) < 4.78 is 11.3. The molecule has 2 aromatic rings. The number of ether oxygens (including phenoxy) is 2. The molecule has 0 fully saturated rings. The van der Waals surface area contributed by atoms with E-state index >= 15 is 0 Å². The number of benzene rings is 1. The minimum absolute atomic E-state index is 0.299. The van der Waals surface area contributed by atoms with Crippen LogP contribution in [0.25, 0.3) is 0 Å². The molecule has 1 aromatic carbocycles. The van der Waals surface area contributed by atoms with Crippen LogP contribution in [-0.4, -0.2) is 19.2 Å². The lowest BCUT2D eigenvalue weighted by atomic mass is 10.0. The third kappa shape index (κ3) is 3.05. The first-order chi connectivity index (χ1) is 9.15. The zero-order chi connectivity index (χ0) is 13.8. The third-order valence-electron chi connectivity index (χ3n) is 2.87. The first-order valence-electron chi connectivity index (χ1n) is 5.73. The van der Waals surface area contributed by atoms with Crippen molar-refractivity contribution in [2.75, 3.05) is 14.2 Å². The summed E-state index contributed by atoms with van der Waals surface area (Å²) in [5.74, 6) is 1.46. The predicted molar refractivity (Wildman–Crippen MR) is 77.5 cm³/mol. The van der Waals surface area contributed by atoms with E-state index in [2.05, 4.69) is 20.9 Å². The second kappa shape index (κ2) is 6.04. The number of aromatic nitrogens is 1. The summed E-state index contributed by atoms with van der Waals surface area (Å²) in [5, 5.41) is 0. The van der Waals surface area contributed by atoms with Gasteiger partial charge in [0.1, 0.15) is 11.5 Å². The Bertz CT molecular complexity index is 575. The van der Waals surface area contributed by atoms with E-state index in [4.69, 9.17) is 15.2 Å². The maximum atomic E-state index is 6.28. The van der Waals surface area contributed by atoms with Crippen LogP contribution in [0.15, 0.2) is 41.1 Å². The summed E-state index contributed by atoms with van der Waals surface area (Å²) in [6, 6.07) is 7.29. The van der Waals surface area contributed by atoms with Crippen molar-refractivity contribution in [2.45, 2.75) is 6.04 Å². The van der Waals surface area contributed by atoms with E-state index in [1.165, 1.54) is 0 Å². The summed E-state index contributed by atoms with van der Waals surface area (Å²) in [6.45, 7) is 0. The fraction of sp³-hybridized carbons (Fsp3) is 0.214. The average Bonchev–Trinajstić information content (AvgIpc) is 2.47. The zero-order valence-corrected chi connectivity index (χ0v) is 12.3. The minimum atomic E-state index is -0.299. The smallest absolute Gasteiger partial charge is 0.137 e. The number of methoxy groups -OCH3 is 2. The van der Waals surface area contributed by atoms with E-state index in [0.29, 0.717) is 5.75 Å². The Morgan fingerprint density at radius 2 is 1.84 bits per heavy atom. The highest BCUT2D eigenvalue weighted by Crippen LogP contribution is 2.30. The number of hydrogen-bond donors (Lipinski definition) is 1. The Hall–Kier alpha value is -1.59. The van der Waals surface area contributed by atoms with Gasteiger partial charge in [-0.1, -0.05) is 15.9 Å². The van der Waals surface area contributed by atoms with E-state index in [-0.39, 0.29) is 6.04 Å². The number of hydrogen-bond acceptors (Lipinski definition) is 4. The molecule has 2 N–H and O–H groups in total. The number of nitrogens with two attached hydrogens (primary N) is 1. The van der Waals surface area contributed by atoms with Crippen LogP contribution in [0, 0.1) is 0 Å². The fourth-order valence-electron chi connectivity index (χ4n) is 1.78. The molecule has 1 atom stereocenters. The maximum absolute atomic E-state index is 6.28. The number of pyridine rings is 1. The number of nitrogens with zero attached hydrogens (tertiary/aromatic N) is 1. The minimum Gasteiger partial charge on any atom is -0.497 e. The normalized spacial score (nSPS) is 12.0. The molecule has 0 amide bonds. The molecule has 5 heteroatoms. The van der Waals surface area contributed by atoms with Crippen molar-refractivity contribution >= 4 is 15.9 Å². The number of halogens is 1. The Balaban J connectivity index is 2.39. The van der Waals surface area contributed by atoms with E-state index in [0.717, 1.165) is 21.3 Å². The van der Waals surface area contributed by atoms with Gasteiger partial charge in [-0.25, -0.2) is 0 Å². The predicted octanol–water partition coefficient (Wildman–Crippen LogP) is 2.91. The topological polar surface area (TPSA) is 57.4 Å². The summed E-state index contributed by atoms with van der Waals surface area (Å²) in [5.41, 5.74) is 8.11. The van der Waals surface area contributed by atoms with Crippen molar-refractivity contribution in [3.63, 3.8) is 0 Å². The molecule has 0 aliphatic carbocycles. The standard InChI is InChI=1S/C14H15BrN2O2/c1-18-10-3-4-13(15)12(6-10)14(16)9-5-11(19-2)8-17-7-9/h3-8,14H,16H2,1-2H3. The highest BCUT2D eigenvalue weighted by atomic mass is 79.9. The first-order valence-corrected chi connectivity index (χ1v) is 6.53. The summed E-state index contributed by atoms with van der Waals surface area (Å²) in [7, 11) is 3.24. The zero-order valence-electron chi connectivity index (χ0n) is 10.8. The number of rotatable bonds is 4. The summed E-state index contributed by atoms with van der Waals surface area (Å²) in [6.07, 6.45) is 3.38. The Morgan fingerprint density at radius 3 is 2.53 bits per heavy atom. The van der Waals surface area contributed by atoms with Crippen molar-refractivity contribution in [1.29, 1.82) is 0 Å². The van der Waals surface area contributed by atoms with Gasteiger partial charge in [0.2, 0.25) is 0 Å². The van der Waals surface area contributed by atoms with Crippen LogP contribution in [0.1, 0.15) is 17.2 Å². The van der Waals surface area contributed by atoms with Crippen LogP contribution in [0.2, 0.25) is 0 Å². The molecule has 4 nitrogen and oxygen atoms in total. The van der Waals surface area contributed by atoms with Gasteiger partial charge in [0.15, 0.2) is 0 Å². The van der Waals surface area contributed by atoms with Gasteiger partial charge in [-0.3, -0.25) is 4.98 Å². The van der Waals surface area contributed by atoms with Gasteiger partial charge in [-0.15, -0.1) is 0 Å². The van der Waals surface area contributed by atoms with Crippen LogP contribution >= 0.6 is 15.9 Å². The van der Waals surface area contributed by atoms with Crippen LogP contribution in [0.5, 0.6) is 11.5 Å². The molecule has 2 rings (SSSR count). The van der Waals surface area contributed by atoms with Gasteiger partial charge in [-0.05, 0) is 35.4 Å². The maximum Gasteiger partial charge on any atom is 0.137 e. The van der Waals surface area contributed by atoms with Crippen molar-refractivity contribution in [3.05, 3.63) is 52.3 Å². The molecule has 0 radical (unpaired) electrons. The molecule has 1 aromatic heterocycles. The molecular formula is C14H15BrN2O2. The Labute approximate surface area is 120 Å². The molecule has 0 saturated carbocycles. The molecule has 0 bridgehead atoms. The third-order valence-corrected chi connectivity index (χ3v) is 3.59. The molecule has 0 saturated heterocycles. The molecule has 19 heavy (non-hydrogen) atoms. The van der Waals surface area contributed by atoms with Gasteiger partial charge >= 0.3 is 0 Å². The highest BCUT2D eigenvalue weighted by Gasteiger charge is 2.14. The largest absolute Gasteiger partial charge is 0.497 e. The van der Waals surface area contributed by atoms with Crippen LogP contribution in [-0.2, 0) is 0 Å². The SMILES string of the molecule is COc1cncc(C(N)c2cc(OC)ccc2Br)c1. The summed E-state index contributed by atoms with van der Waals surface area (Å²) >= 11 is 3.51. The molecule has 1 heterocycles. The van der Waals surface area contributed by atoms with Gasteiger partial charge in [0.25, 0.3) is 0 Å². The highest BCUT2D eigenvalue weighted by molar-refractivity contribution is 9.10. The van der Waals surface area contributed by atoms with Crippen LogP contribution in [0.4, 0.5) is 0 Å². The van der Waals surface area contributed by atoms with Crippen molar-refractivity contribution in [1.82, 2.24) is 4.98 Å². The van der Waals surface area contributed by atoms with Crippen molar-refractivity contribution in [3.8, 4) is 11.5 Å². The lowest BCUT2D eigenvalue weighted by Crippen LogP contribution is -2.13. The lowest BCUT2D eigenvalue weighted by Gasteiger charge is -2.15. The molecule has 0 spiro atoms. The molecule has 100 valence electrons. The van der Waals surface area contributed by atoms with Gasteiger partial charge in [-0.2, -0.15) is 0 Å². The van der Waals surface area contributed by atoms with E-state index in [1.54, 1.807) is 26.6 Å². The lowest BCUT2D eigenvalue weighted by molar-refractivity contribution is 0.411. The summed E-state index contributed by atoms with van der Waals surface area (Å²) in [4.78, 5) is 4.12. The molecule has 0 aliphatic heterocycles. The quantitative estimate of drug-likeness (QED) is 0.940. The van der Waals surface area contributed by atoms with E-state index in [1.807, 2.05) is 24.3 Å². The molecule has 1 unspecified atom stereocenters. The fourth-order valence-corrected chi connectivity index (χ4v) is 2.28. The van der Waals surface area contributed by atoms with Gasteiger partial charge in [0, 0.05) is 10.7 Å². The second-order valence-corrected chi connectivity index (χ2v) is 4.88. The van der Waals surface area contributed by atoms with Gasteiger partial charge < -0.3 is 15.2 Å². The molecule has 0 aliphatic rings. The second-order valence-electron chi connectivity index (χ2n) is 4.02. The first kappa shape index (κ1) is 13.8. The van der Waals surface area contributed by atoms with Gasteiger partial charge in [0.05, 0.1) is 26.5 Å². The van der Waals surface area contributed by atoms with E-state index in [9.17, 15) is 0 Å². The average molecular weight is 323 g/mol. The van der Waals surface area contributed by atoms with Crippen molar-refractivity contribution < 1.29 is 9.47 Å². The monoisotopic (exact) mass is 322 g/mol. The Morgan fingerprint density at radius 1 is 1.11 bits per heavy atom. The Kier molecular flexibility index (Phi) is 4.39. The van der Waals surface area contributed by atoms with Crippen molar-refractivity contribution in [2.24, 2.45) is 5.73 Å². The molecular weight excluding hydrogens is 308 g/mol. The van der Waals surface area contributed by atoms with Crippen LogP contribution in [0.3, 0.4) is 0 Å². The van der Waals surface area contributed by atoms with Crippen LogP contribution < -0.4 is 15.2 Å². The van der Waals surface area contributed by atoms with E-state index < -0.39 is 0 Å².